The van der Waals surface area contributed by atoms with Crippen molar-refractivity contribution >= 4 is 54.2 Å². The molecule has 1 saturated carbocycles. The summed E-state index contributed by atoms with van der Waals surface area (Å²) in [5.41, 5.74) is 9.28. The van der Waals surface area contributed by atoms with Gasteiger partial charge < -0.3 is 21.5 Å². The summed E-state index contributed by atoms with van der Waals surface area (Å²) in [5, 5.41) is 24.3. The SMILES string of the molecule is Cl.Cl.N=C(Cc1ccccc1)N(C(=O)O)c1ccc(CNC(=O)C2(NC(=O)[C@H](N)C3CCCCC3)Cc3ccccc3C2)cc1. The van der Waals surface area contributed by atoms with Crippen LogP contribution in [-0.2, 0) is 35.4 Å². The number of carbonyl (C=O) groups is 3. The van der Waals surface area contributed by atoms with Crippen LogP contribution in [0.4, 0.5) is 10.5 Å². The fourth-order valence-corrected chi connectivity index (χ4v) is 6.31. The van der Waals surface area contributed by atoms with E-state index < -0.39 is 17.7 Å². The van der Waals surface area contributed by atoms with Gasteiger partial charge in [0.25, 0.3) is 0 Å². The number of carboxylic acid groups (broad SMARTS) is 1. The monoisotopic (exact) mass is 653 g/mol. The molecule has 0 aromatic heterocycles. The lowest BCUT2D eigenvalue weighted by molar-refractivity contribution is -0.134. The van der Waals surface area contributed by atoms with Crippen LogP contribution < -0.4 is 21.3 Å². The van der Waals surface area contributed by atoms with Crippen molar-refractivity contribution in [3.63, 3.8) is 0 Å². The fraction of sp³-hybridized carbons (Fsp3) is 0.353. The summed E-state index contributed by atoms with van der Waals surface area (Å²) in [4.78, 5) is 40.1. The number of fused-ring (bicyclic) bond motifs is 1. The molecule has 11 heteroatoms. The van der Waals surface area contributed by atoms with E-state index in [1.165, 1.54) is 0 Å². The quantitative estimate of drug-likeness (QED) is 0.155. The van der Waals surface area contributed by atoms with E-state index in [-0.39, 0.29) is 61.3 Å². The van der Waals surface area contributed by atoms with Crippen LogP contribution in [0.1, 0.15) is 54.4 Å². The first-order chi connectivity index (χ1) is 20.8. The van der Waals surface area contributed by atoms with Gasteiger partial charge >= 0.3 is 6.09 Å². The van der Waals surface area contributed by atoms with Crippen molar-refractivity contribution in [1.29, 1.82) is 5.41 Å². The van der Waals surface area contributed by atoms with Gasteiger partial charge in [0.05, 0.1) is 11.7 Å². The van der Waals surface area contributed by atoms with E-state index in [0.717, 1.165) is 59.3 Å². The molecule has 2 aliphatic carbocycles. The van der Waals surface area contributed by atoms with Gasteiger partial charge in [-0.1, -0.05) is 86.0 Å². The first-order valence-electron chi connectivity index (χ1n) is 14.9. The first-order valence-corrected chi connectivity index (χ1v) is 14.9. The summed E-state index contributed by atoms with van der Waals surface area (Å²) >= 11 is 0. The Bertz CT molecular complexity index is 1450. The van der Waals surface area contributed by atoms with Crippen LogP contribution in [-0.4, -0.2) is 40.4 Å². The van der Waals surface area contributed by atoms with Gasteiger partial charge in [0.1, 0.15) is 11.4 Å². The highest BCUT2D eigenvalue weighted by Gasteiger charge is 2.46. The second-order valence-corrected chi connectivity index (χ2v) is 11.7. The Morgan fingerprint density at radius 1 is 0.867 bits per heavy atom. The Balaban J connectivity index is 0.00000276. The van der Waals surface area contributed by atoms with Crippen molar-refractivity contribution in [1.82, 2.24) is 10.6 Å². The minimum atomic E-state index is -1.24. The molecule has 0 heterocycles. The number of hydrogen-bond donors (Lipinski definition) is 5. The van der Waals surface area contributed by atoms with Gasteiger partial charge in [-0.3, -0.25) is 15.0 Å². The van der Waals surface area contributed by atoms with E-state index in [1.54, 1.807) is 24.3 Å². The average molecular weight is 655 g/mol. The van der Waals surface area contributed by atoms with Crippen molar-refractivity contribution in [3.05, 3.63) is 101 Å². The van der Waals surface area contributed by atoms with Crippen LogP contribution in [0.15, 0.2) is 78.9 Å². The molecule has 3 aromatic carbocycles. The molecule has 0 spiro atoms. The Hall–Kier alpha value is -3.92. The minimum Gasteiger partial charge on any atom is -0.464 e. The molecule has 0 bridgehead atoms. The van der Waals surface area contributed by atoms with Crippen LogP contribution in [0.3, 0.4) is 0 Å². The van der Waals surface area contributed by atoms with Gasteiger partial charge in [0.2, 0.25) is 11.8 Å². The molecule has 0 aliphatic heterocycles. The zero-order valence-corrected chi connectivity index (χ0v) is 26.7. The highest BCUT2D eigenvalue weighted by atomic mass is 35.5. The zero-order chi connectivity index (χ0) is 30.4. The molecule has 2 aliphatic rings. The number of carbonyl (C=O) groups excluding carboxylic acids is 2. The van der Waals surface area contributed by atoms with Crippen LogP contribution in [0.2, 0.25) is 0 Å². The average Bonchev–Trinajstić information content (AvgIpc) is 3.40. The number of nitrogens with one attached hydrogen (secondary N) is 3. The Labute approximate surface area is 276 Å². The zero-order valence-electron chi connectivity index (χ0n) is 25.0. The molecule has 6 N–H and O–H groups in total. The summed E-state index contributed by atoms with van der Waals surface area (Å²) in [7, 11) is 0. The maximum atomic E-state index is 13.8. The molecule has 1 atom stereocenters. The van der Waals surface area contributed by atoms with Crippen molar-refractivity contribution in [2.24, 2.45) is 11.7 Å². The number of amides is 3. The van der Waals surface area contributed by atoms with Gasteiger partial charge in [0, 0.05) is 25.8 Å². The molecule has 0 unspecified atom stereocenters. The van der Waals surface area contributed by atoms with Gasteiger partial charge in [-0.05, 0) is 53.1 Å². The van der Waals surface area contributed by atoms with E-state index in [0.29, 0.717) is 18.5 Å². The molecule has 45 heavy (non-hydrogen) atoms. The van der Waals surface area contributed by atoms with E-state index in [2.05, 4.69) is 10.6 Å². The molecule has 0 saturated heterocycles. The molecule has 240 valence electrons. The number of hydrogen-bond acceptors (Lipinski definition) is 5. The molecule has 0 radical (unpaired) electrons. The van der Waals surface area contributed by atoms with Crippen LogP contribution in [0.25, 0.3) is 0 Å². The third-order valence-electron chi connectivity index (χ3n) is 8.68. The van der Waals surface area contributed by atoms with Gasteiger partial charge in [0.15, 0.2) is 0 Å². The van der Waals surface area contributed by atoms with E-state index >= 15 is 0 Å². The molecular weight excluding hydrogens is 613 g/mol. The lowest BCUT2D eigenvalue weighted by Gasteiger charge is -2.33. The minimum absolute atomic E-state index is 0. The second-order valence-electron chi connectivity index (χ2n) is 11.7. The number of nitrogens with zero attached hydrogens (tertiary/aromatic N) is 1. The number of benzene rings is 3. The standard InChI is InChI=1S/C34H39N5O4.2ClH/c35-29(19-23-9-3-1-4-10-23)39(33(42)43)28-17-15-24(16-18-28)22-37-32(41)34(20-26-13-7-8-14-27(26)21-34)38-31(40)30(36)25-11-5-2-6-12-25;;/h1,3-4,7-10,13-18,25,30,35H,2,5-6,11-12,19-22,36H2,(H,37,41)(H,38,40)(H,42,43);2*1H/t30-;;/m1../s1. The third-order valence-corrected chi connectivity index (χ3v) is 8.68. The molecule has 9 nitrogen and oxygen atoms in total. The molecule has 3 aromatic rings. The summed E-state index contributed by atoms with van der Waals surface area (Å²) in [6, 6.07) is 23.2. The number of rotatable bonds is 9. The fourth-order valence-electron chi connectivity index (χ4n) is 6.31. The van der Waals surface area contributed by atoms with Crippen LogP contribution in [0.5, 0.6) is 0 Å². The highest BCUT2D eigenvalue weighted by molar-refractivity contribution is 6.13. The Morgan fingerprint density at radius 2 is 1.44 bits per heavy atom. The molecule has 5 rings (SSSR count). The lowest BCUT2D eigenvalue weighted by atomic mass is 9.83. The number of amidine groups is 1. The third kappa shape index (κ3) is 8.42. The maximum Gasteiger partial charge on any atom is 0.417 e. The molecule has 1 fully saturated rings. The predicted octanol–water partition coefficient (Wildman–Crippen LogP) is 5.41. The van der Waals surface area contributed by atoms with Crippen LogP contribution >= 0.6 is 24.8 Å². The van der Waals surface area contributed by atoms with Crippen molar-refractivity contribution in [2.45, 2.75) is 69.5 Å². The van der Waals surface area contributed by atoms with Crippen LogP contribution in [0, 0.1) is 11.3 Å². The van der Waals surface area contributed by atoms with Crippen molar-refractivity contribution in [2.75, 3.05) is 4.90 Å². The van der Waals surface area contributed by atoms with Crippen molar-refractivity contribution in [3.8, 4) is 0 Å². The summed E-state index contributed by atoms with van der Waals surface area (Å²) in [6.45, 7) is 0.191. The van der Waals surface area contributed by atoms with E-state index in [4.69, 9.17) is 11.1 Å². The smallest absolute Gasteiger partial charge is 0.417 e. The van der Waals surface area contributed by atoms with Gasteiger partial charge in [-0.25, -0.2) is 9.69 Å². The topological polar surface area (TPSA) is 149 Å². The number of anilines is 1. The first kappa shape index (κ1) is 35.6. The number of nitrogens with two attached hydrogens (primary N) is 1. The normalized spacial score (nSPS) is 15.8. The molecule has 3 amide bonds. The van der Waals surface area contributed by atoms with E-state index in [9.17, 15) is 19.5 Å². The Kier molecular flexibility index (Phi) is 12.6. The number of halogens is 2. The van der Waals surface area contributed by atoms with Crippen molar-refractivity contribution < 1.29 is 19.5 Å². The summed E-state index contributed by atoms with van der Waals surface area (Å²) < 4.78 is 0. The Morgan fingerprint density at radius 3 is 2.02 bits per heavy atom. The summed E-state index contributed by atoms with van der Waals surface area (Å²) in [6.07, 6.45) is 4.85. The maximum absolute atomic E-state index is 13.8. The second kappa shape index (κ2) is 15.9. The van der Waals surface area contributed by atoms with E-state index in [1.807, 2.05) is 54.6 Å². The largest absolute Gasteiger partial charge is 0.464 e. The highest BCUT2D eigenvalue weighted by Crippen LogP contribution is 2.32. The predicted molar refractivity (Wildman–Crippen MR) is 180 cm³/mol. The van der Waals surface area contributed by atoms with Gasteiger partial charge in [-0.15, -0.1) is 24.8 Å². The molecular formula is C34H41Cl2N5O4. The summed E-state index contributed by atoms with van der Waals surface area (Å²) in [5.74, 6) is -0.514. The van der Waals surface area contributed by atoms with Gasteiger partial charge in [-0.2, -0.15) is 0 Å². The lowest BCUT2D eigenvalue weighted by Crippen LogP contribution is -2.63.